The fourth-order valence-electron chi connectivity index (χ4n) is 1.26. The van der Waals surface area contributed by atoms with Crippen LogP contribution in [0, 0.1) is 0 Å². The van der Waals surface area contributed by atoms with Crippen LogP contribution >= 0.6 is 11.6 Å². The van der Waals surface area contributed by atoms with E-state index in [0.717, 1.165) is 12.0 Å². The van der Waals surface area contributed by atoms with E-state index in [0.29, 0.717) is 10.8 Å². The van der Waals surface area contributed by atoms with E-state index in [2.05, 4.69) is 10.1 Å². The zero-order valence-electron chi connectivity index (χ0n) is 7.04. The van der Waals surface area contributed by atoms with Gasteiger partial charge in [0, 0.05) is 11.6 Å². The Bertz CT molecular complexity index is 500. The summed E-state index contributed by atoms with van der Waals surface area (Å²) in [5.41, 5.74) is 1.47. The lowest BCUT2D eigenvalue weighted by atomic mass is 10.3. The van der Waals surface area contributed by atoms with Crippen LogP contribution in [0.1, 0.15) is 12.5 Å². The zero-order valence-corrected chi connectivity index (χ0v) is 7.80. The first-order valence-electron chi connectivity index (χ1n) is 3.98. The van der Waals surface area contributed by atoms with Gasteiger partial charge in [-0.3, -0.25) is 4.79 Å². The van der Waals surface area contributed by atoms with Gasteiger partial charge in [-0.25, -0.2) is 4.52 Å². The summed E-state index contributed by atoms with van der Waals surface area (Å²) < 4.78 is 1.52. The van der Waals surface area contributed by atoms with Gasteiger partial charge < -0.3 is 4.98 Å². The molecule has 2 rings (SSSR count). The SMILES string of the molecule is CCc1cnn2c(Cl)cc(=O)[nH]c12. The Kier molecular flexibility index (Phi) is 1.84. The third-order valence-electron chi connectivity index (χ3n) is 1.92. The highest BCUT2D eigenvalue weighted by atomic mass is 35.5. The van der Waals surface area contributed by atoms with Crippen molar-refractivity contribution in [3.8, 4) is 0 Å². The molecule has 2 aromatic rings. The highest BCUT2D eigenvalue weighted by molar-refractivity contribution is 6.29. The van der Waals surface area contributed by atoms with Crippen LogP contribution in [0.3, 0.4) is 0 Å². The monoisotopic (exact) mass is 197 g/mol. The number of fused-ring (bicyclic) bond motifs is 1. The molecule has 4 nitrogen and oxygen atoms in total. The van der Waals surface area contributed by atoms with Gasteiger partial charge in [-0.05, 0) is 6.42 Å². The van der Waals surface area contributed by atoms with Crippen molar-refractivity contribution in [3.05, 3.63) is 33.3 Å². The molecule has 0 radical (unpaired) electrons. The summed E-state index contributed by atoms with van der Waals surface area (Å²) in [4.78, 5) is 13.8. The van der Waals surface area contributed by atoms with E-state index in [4.69, 9.17) is 11.6 Å². The number of nitrogens with one attached hydrogen (secondary N) is 1. The average molecular weight is 198 g/mol. The third kappa shape index (κ3) is 1.23. The van der Waals surface area contributed by atoms with Gasteiger partial charge in [-0.1, -0.05) is 18.5 Å². The van der Waals surface area contributed by atoms with Crippen LogP contribution in [0.25, 0.3) is 5.65 Å². The van der Waals surface area contributed by atoms with Crippen molar-refractivity contribution in [1.29, 1.82) is 0 Å². The minimum absolute atomic E-state index is 0.201. The molecule has 5 heteroatoms. The van der Waals surface area contributed by atoms with Crippen molar-refractivity contribution in [2.45, 2.75) is 13.3 Å². The summed E-state index contributed by atoms with van der Waals surface area (Å²) in [6.45, 7) is 2.00. The molecule has 0 bridgehead atoms. The molecular weight excluding hydrogens is 190 g/mol. The smallest absolute Gasteiger partial charge is 0.252 e. The van der Waals surface area contributed by atoms with Gasteiger partial charge in [-0.15, -0.1) is 0 Å². The molecule has 0 unspecified atom stereocenters. The minimum Gasteiger partial charge on any atom is -0.307 e. The van der Waals surface area contributed by atoms with E-state index >= 15 is 0 Å². The maximum atomic E-state index is 11.1. The standard InChI is InChI=1S/C8H8ClN3O/c1-2-5-4-10-12-6(9)3-7(13)11-8(5)12/h3-4H,2H2,1H3,(H,11,13). The van der Waals surface area contributed by atoms with Crippen molar-refractivity contribution in [2.75, 3.05) is 0 Å². The fraction of sp³-hybridized carbons (Fsp3) is 0.250. The topological polar surface area (TPSA) is 50.2 Å². The molecule has 1 N–H and O–H groups in total. The van der Waals surface area contributed by atoms with Crippen LogP contribution in [0.15, 0.2) is 17.1 Å². The summed E-state index contributed by atoms with van der Waals surface area (Å²) in [5.74, 6) is 0. The normalized spacial score (nSPS) is 10.9. The third-order valence-corrected chi connectivity index (χ3v) is 2.19. The van der Waals surface area contributed by atoms with Gasteiger partial charge in [0.1, 0.15) is 10.8 Å². The zero-order chi connectivity index (χ0) is 9.42. The summed E-state index contributed by atoms with van der Waals surface area (Å²) in [6, 6.07) is 1.31. The molecule has 0 aliphatic carbocycles. The number of aromatic nitrogens is 3. The Morgan fingerprint density at radius 1 is 1.69 bits per heavy atom. The minimum atomic E-state index is -0.201. The van der Waals surface area contributed by atoms with E-state index < -0.39 is 0 Å². The maximum Gasteiger partial charge on any atom is 0.252 e. The lowest BCUT2D eigenvalue weighted by Crippen LogP contribution is -2.08. The van der Waals surface area contributed by atoms with Crippen molar-refractivity contribution < 1.29 is 0 Å². The molecule has 13 heavy (non-hydrogen) atoms. The molecule has 0 spiro atoms. The van der Waals surface area contributed by atoms with Gasteiger partial charge >= 0.3 is 0 Å². The van der Waals surface area contributed by atoms with Crippen molar-refractivity contribution in [2.24, 2.45) is 0 Å². The quantitative estimate of drug-likeness (QED) is 0.700. The van der Waals surface area contributed by atoms with E-state index in [1.165, 1.54) is 10.6 Å². The Morgan fingerprint density at radius 3 is 3.15 bits per heavy atom. The number of nitrogens with zero attached hydrogens (tertiary/aromatic N) is 2. The molecule has 0 atom stereocenters. The van der Waals surface area contributed by atoms with E-state index in [1.54, 1.807) is 6.20 Å². The van der Waals surface area contributed by atoms with Crippen LogP contribution in [0.5, 0.6) is 0 Å². The Hall–Kier alpha value is -1.29. The number of rotatable bonds is 1. The first-order valence-corrected chi connectivity index (χ1v) is 4.35. The molecule has 0 saturated carbocycles. The molecular formula is C8H8ClN3O. The average Bonchev–Trinajstić information content (AvgIpc) is 2.47. The molecule has 0 fully saturated rings. The van der Waals surface area contributed by atoms with Crippen LogP contribution < -0.4 is 5.56 Å². The molecule has 2 heterocycles. The number of aromatic amines is 1. The van der Waals surface area contributed by atoms with E-state index in [-0.39, 0.29) is 5.56 Å². The highest BCUT2D eigenvalue weighted by Gasteiger charge is 2.05. The summed E-state index contributed by atoms with van der Waals surface area (Å²) in [5, 5.41) is 4.38. The van der Waals surface area contributed by atoms with Crippen LogP contribution in [-0.2, 0) is 6.42 Å². The van der Waals surface area contributed by atoms with Crippen molar-refractivity contribution in [3.63, 3.8) is 0 Å². The molecule has 2 aromatic heterocycles. The fourth-order valence-corrected chi connectivity index (χ4v) is 1.49. The number of hydrogen-bond donors (Lipinski definition) is 1. The second-order valence-electron chi connectivity index (χ2n) is 2.74. The first-order chi connectivity index (χ1) is 6.22. The Balaban J connectivity index is 2.90. The van der Waals surface area contributed by atoms with Gasteiger partial charge in [0.05, 0.1) is 6.20 Å². The molecule has 0 amide bonds. The Labute approximate surface area is 79.2 Å². The number of hydrogen-bond acceptors (Lipinski definition) is 2. The highest BCUT2D eigenvalue weighted by Crippen LogP contribution is 2.11. The first kappa shape index (κ1) is 8.31. The lowest BCUT2D eigenvalue weighted by molar-refractivity contribution is 0.931. The van der Waals surface area contributed by atoms with Crippen LogP contribution in [-0.4, -0.2) is 14.6 Å². The van der Waals surface area contributed by atoms with Gasteiger partial charge in [0.25, 0.3) is 5.56 Å². The predicted molar refractivity (Wildman–Crippen MR) is 50.2 cm³/mol. The van der Waals surface area contributed by atoms with Crippen LogP contribution in [0.4, 0.5) is 0 Å². The summed E-state index contributed by atoms with van der Waals surface area (Å²) >= 11 is 5.81. The van der Waals surface area contributed by atoms with Gasteiger partial charge in [0.15, 0.2) is 0 Å². The van der Waals surface area contributed by atoms with E-state index in [9.17, 15) is 4.79 Å². The molecule has 0 saturated heterocycles. The van der Waals surface area contributed by atoms with Crippen molar-refractivity contribution in [1.82, 2.24) is 14.6 Å². The van der Waals surface area contributed by atoms with Crippen molar-refractivity contribution >= 4 is 17.2 Å². The van der Waals surface area contributed by atoms with E-state index in [1.807, 2.05) is 6.92 Å². The molecule has 0 aliphatic heterocycles. The Morgan fingerprint density at radius 2 is 2.46 bits per heavy atom. The largest absolute Gasteiger partial charge is 0.307 e. The number of H-pyrrole nitrogens is 1. The molecule has 0 aliphatic rings. The van der Waals surface area contributed by atoms with Gasteiger partial charge in [-0.2, -0.15) is 5.10 Å². The number of aryl methyl sites for hydroxylation is 1. The second kappa shape index (κ2) is 2.88. The lowest BCUT2D eigenvalue weighted by Gasteiger charge is -1.96. The summed E-state index contributed by atoms with van der Waals surface area (Å²) in [6.07, 6.45) is 2.52. The van der Waals surface area contributed by atoms with Crippen LogP contribution in [0.2, 0.25) is 5.15 Å². The summed E-state index contributed by atoms with van der Waals surface area (Å²) in [7, 11) is 0. The molecule has 0 aromatic carbocycles. The maximum absolute atomic E-state index is 11.1. The predicted octanol–water partition coefficient (Wildman–Crippen LogP) is 1.24. The second-order valence-corrected chi connectivity index (χ2v) is 3.13. The van der Waals surface area contributed by atoms with Gasteiger partial charge in [0.2, 0.25) is 0 Å². The number of halogens is 1. The molecule has 68 valence electrons.